The van der Waals surface area contributed by atoms with Crippen molar-refractivity contribution >= 4 is 17.5 Å². The van der Waals surface area contributed by atoms with E-state index in [4.69, 9.17) is 22.1 Å². The molecule has 0 heterocycles. The first-order valence-corrected chi connectivity index (χ1v) is 6.25. The second kappa shape index (κ2) is 7.24. The Morgan fingerprint density at radius 2 is 2.28 bits per heavy atom. The van der Waals surface area contributed by atoms with Gasteiger partial charge in [-0.15, -0.1) is 0 Å². The molecule has 18 heavy (non-hydrogen) atoms. The smallest absolute Gasteiger partial charge is 0.220 e. The molecule has 1 atom stereocenters. The van der Waals surface area contributed by atoms with E-state index in [9.17, 15) is 4.79 Å². The molecule has 0 aliphatic carbocycles. The fraction of sp³-hybridized carbons (Fsp3) is 0.462. The second-order valence-corrected chi connectivity index (χ2v) is 4.69. The molecule has 1 unspecified atom stereocenters. The van der Waals surface area contributed by atoms with Crippen molar-refractivity contribution in [3.63, 3.8) is 0 Å². The van der Waals surface area contributed by atoms with Crippen molar-refractivity contribution in [1.82, 2.24) is 5.32 Å². The standard InChI is InChI=1S/C13H19ClN2O2/c1-9(15)3-6-13(17)16-8-10-4-5-11(14)7-12(10)18-2/h4-5,7,9H,3,6,8,15H2,1-2H3,(H,16,17). The average molecular weight is 271 g/mol. The summed E-state index contributed by atoms with van der Waals surface area (Å²) in [5, 5.41) is 3.44. The van der Waals surface area contributed by atoms with Crippen molar-refractivity contribution in [3.05, 3.63) is 28.8 Å². The van der Waals surface area contributed by atoms with Crippen LogP contribution in [0.3, 0.4) is 0 Å². The van der Waals surface area contributed by atoms with Crippen LogP contribution in [0.25, 0.3) is 0 Å². The van der Waals surface area contributed by atoms with Crippen molar-refractivity contribution in [3.8, 4) is 5.75 Å². The van der Waals surface area contributed by atoms with Gasteiger partial charge in [0.15, 0.2) is 0 Å². The van der Waals surface area contributed by atoms with Crippen LogP contribution in [0.2, 0.25) is 5.02 Å². The molecule has 0 saturated heterocycles. The van der Waals surface area contributed by atoms with Gasteiger partial charge in [-0.25, -0.2) is 0 Å². The summed E-state index contributed by atoms with van der Waals surface area (Å²) in [6, 6.07) is 5.38. The molecular formula is C13H19ClN2O2. The summed E-state index contributed by atoms with van der Waals surface area (Å²) in [5.74, 6) is 0.666. The molecular weight excluding hydrogens is 252 g/mol. The highest BCUT2D eigenvalue weighted by Crippen LogP contribution is 2.22. The molecule has 0 spiro atoms. The quantitative estimate of drug-likeness (QED) is 0.832. The number of benzene rings is 1. The summed E-state index contributed by atoms with van der Waals surface area (Å²) in [4.78, 5) is 11.6. The van der Waals surface area contributed by atoms with E-state index in [1.807, 2.05) is 13.0 Å². The van der Waals surface area contributed by atoms with Gasteiger partial charge in [0.25, 0.3) is 0 Å². The van der Waals surface area contributed by atoms with Gasteiger partial charge in [0.05, 0.1) is 7.11 Å². The Morgan fingerprint density at radius 3 is 2.89 bits per heavy atom. The fourth-order valence-corrected chi connectivity index (χ4v) is 1.67. The second-order valence-electron chi connectivity index (χ2n) is 4.25. The Bertz CT molecular complexity index is 408. The van der Waals surface area contributed by atoms with E-state index in [1.165, 1.54) is 0 Å². The van der Waals surface area contributed by atoms with Gasteiger partial charge in [0.1, 0.15) is 5.75 Å². The maximum atomic E-state index is 11.6. The number of amides is 1. The molecule has 0 saturated carbocycles. The predicted octanol–water partition coefficient (Wildman–Crippen LogP) is 2.09. The Kier molecular flexibility index (Phi) is 5.95. The first-order valence-electron chi connectivity index (χ1n) is 5.87. The molecule has 3 N–H and O–H groups in total. The van der Waals surface area contributed by atoms with Crippen LogP contribution in [-0.4, -0.2) is 19.1 Å². The molecule has 4 nitrogen and oxygen atoms in total. The normalized spacial score (nSPS) is 12.0. The summed E-state index contributed by atoms with van der Waals surface area (Å²) in [5.41, 5.74) is 6.49. The van der Waals surface area contributed by atoms with Gasteiger partial charge in [-0.2, -0.15) is 0 Å². The molecule has 1 rings (SSSR count). The van der Waals surface area contributed by atoms with Crippen LogP contribution >= 0.6 is 11.6 Å². The van der Waals surface area contributed by atoms with Crippen LogP contribution in [0, 0.1) is 0 Å². The van der Waals surface area contributed by atoms with Gasteiger partial charge in [0.2, 0.25) is 5.91 Å². The Morgan fingerprint density at radius 1 is 1.56 bits per heavy atom. The van der Waals surface area contributed by atoms with Gasteiger partial charge in [-0.3, -0.25) is 4.79 Å². The molecule has 5 heteroatoms. The zero-order chi connectivity index (χ0) is 13.5. The maximum absolute atomic E-state index is 11.6. The third-order valence-corrected chi connectivity index (χ3v) is 2.79. The lowest BCUT2D eigenvalue weighted by Crippen LogP contribution is -2.25. The van der Waals surface area contributed by atoms with E-state index >= 15 is 0 Å². The fourth-order valence-electron chi connectivity index (χ4n) is 1.51. The lowest BCUT2D eigenvalue weighted by Gasteiger charge is -2.10. The molecule has 100 valence electrons. The Labute approximate surface area is 112 Å². The first kappa shape index (κ1) is 14.8. The van der Waals surface area contributed by atoms with E-state index in [-0.39, 0.29) is 11.9 Å². The molecule has 1 amide bonds. The predicted molar refractivity (Wildman–Crippen MR) is 72.7 cm³/mol. The number of carbonyl (C=O) groups excluding carboxylic acids is 1. The third-order valence-electron chi connectivity index (χ3n) is 2.55. The SMILES string of the molecule is COc1cc(Cl)ccc1CNC(=O)CCC(C)N. The topological polar surface area (TPSA) is 64.3 Å². The summed E-state index contributed by atoms with van der Waals surface area (Å²) < 4.78 is 5.20. The Balaban J connectivity index is 2.50. The number of nitrogens with two attached hydrogens (primary N) is 1. The first-order chi connectivity index (χ1) is 8.52. The molecule has 0 radical (unpaired) electrons. The van der Waals surface area contributed by atoms with Gasteiger partial charge in [0, 0.05) is 29.6 Å². The van der Waals surface area contributed by atoms with Crippen molar-refractivity contribution < 1.29 is 9.53 Å². The zero-order valence-corrected chi connectivity index (χ0v) is 11.5. The van der Waals surface area contributed by atoms with Crippen LogP contribution in [0.15, 0.2) is 18.2 Å². The Hall–Kier alpha value is -1.26. The summed E-state index contributed by atoms with van der Waals surface area (Å²) in [6.45, 7) is 2.31. The van der Waals surface area contributed by atoms with Crippen LogP contribution in [0.4, 0.5) is 0 Å². The zero-order valence-electron chi connectivity index (χ0n) is 10.7. The van der Waals surface area contributed by atoms with Crippen LogP contribution in [-0.2, 0) is 11.3 Å². The van der Waals surface area contributed by atoms with Gasteiger partial charge < -0.3 is 15.8 Å². The number of methoxy groups -OCH3 is 1. The number of rotatable bonds is 6. The van der Waals surface area contributed by atoms with E-state index < -0.39 is 0 Å². The third kappa shape index (κ3) is 4.94. The maximum Gasteiger partial charge on any atom is 0.220 e. The average Bonchev–Trinajstić information content (AvgIpc) is 2.34. The summed E-state index contributed by atoms with van der Waals surface area (Å²) >= 11 is 5.86. The van der Waals surface area contributed by atoms with Crippen LogP contribution < -0.4 is 15.8 Å². The molecule has 0 aliphatic rings. The number of ether oxygens (including phenoxy) is 1. The highest BCUT2D eigenvalue weighted by Gasteiger charge is 2.07. The van der Waals surface area contributed by atoms with Crippen molar-refractivity contribution in [2.24, 2.45) is 5.73 Å². The van der Waals surface area contributed by atoms with Gasteiger partial charge >= 0.3 is 0 Å². The highest BCUT2D eigenvalue weighted by atomic mass is 35.5. The number of halogens is 1. The van der Waals surface area contributed by atoms with E-state index in [1.54, 1.807) is 19.2 Å². The largest absolute Gasteiger partial charge is 0.496 e. The molecule has 0 aromatic heterocycles. The molecule has 1 aromatic rings. The number of carbonyl (C=O) groups is 1. The molecule has 0 aliphatic heterocycles. The summed E-state index contributed by atoms with van der Waals surface area (Å²) in [7, 11) is 1.58. The lowest BCUT2D eigenvalue weighted by molar-refractivity contribution is -0.121. The lowest BCUT2D eigenvalue weighted by atomic mass is 10.1. The number of nitrogens with one attached hydrogen (secondary N) is 1. The summed E-state index contributed by atoms with van der Waals surface area (Å²) in [6.07, 6.45) is 1.12. The van der Waals surface area contributed by atoms with Crippen molar-refractivity contribution in [2.45, 2.75) is 32.4 Å². The minimum Gasteiger partial charge on any atom is -0.496 e. The van der Waals surface area contributed by atoms with E-state index in [0.717, 1.165) is 5.56 Å². The van der Waals surface area contributed by atoms with Crippen LogP contribution in [0.5, 0.6) is 5.75 Å². The monoisotopic (exact) mass is 270 g/mol. The van der Waals surface area contributed by atoms with Crippen molar-refractivity contribution in [1.29, 1.82) is 0 Å². The molecule has 0 bridgehead atoms. The number of hydrogen-bond acceptors (Lipinski definition) is 3. The highest BCUT2D eigenvalue weighted by molar-refractivity contribution is 6.30. The van der Waals surface area contributed by atoms with Gasteiger partial charge in [-0.1, -0.05) is 17.7 Å². The number of hydrogen-bond donors (Lipinski definition) is 2. The van der Waals surface area contributed by atoms with E-state index in [0.29, 0.717) is 30.2 Å². The molecule has 1 aromatic carbocycles. The van der Waals surface area contributed by atoms with Crippen molar-refractivity contribution in [2.75, 3.05) is 7.11 Å². The van der Waals surface area contributed by atoms with Gasteiger partial charge in [-0.05, 0) is 25.5 Å². The molecule has 0 fully saturated rings. The minimum atomic E-state index is -0.00990. The van der Waals surface area contributed by atoms with Crippen LogP contribution in [0.1, 0.15) is 25.3 Å². The minimum absolute atomic E-state index is 0.00990. The van der Waals surface area contributed by atoms with E-state index in [2.05, 4.69) is 5.32 Å².